The van der Waals surface area contributed by atoms with Gasteiger partial charge in [-0.25, -0.2) is 4.52 Å². The number of aromatic hydroxyl groups is 1. The van der Waals surface area contributed by atoms with Crippen molar-refractivity contribution in [3.63, 3.8) is 0 Å². The van der Waals surface area contributed by atoms with Gasteiger partial charge in [-0.05, 0) is 37.3 Å². The van der Waals surface area contributed by atoms with E-state index >= 15 is 0 Å². The Morgan fingerprint density at radius 2 is 1.60 bits per heavy atom. The number of anilines is 3. The molecular formula is C24H25N5O. The van der Waals surface area contributed by atoms with Gasteiger partial charge in [0.05, 0.1) is 11.2 Å². The molecule has 0 saturated carbocycles. The quantitative estimate of drug-likeness (QED) is 0.546. The summed E-state index contributed by atoms with van der Waals surface area (Å²) in [4.78, 5) is 4.71. The van der Waals surface area contributed by atoms with Crippen molar-refractivity contribution in [1.29, 1.82) is 0 Å². The van der Waals surface area contributed by atoms with Crippen LogP contribution in [0.3, 0.4) is 0 Å². The second-order valence-corrected chi connectivity index (χ2v) is 7.84. The Hall–Kier alpha value is -3.67. The van der Waals surface area contributed by atoms with Crippen molar-refractivity contribution in [1.82, 2.24) is 9.61 Å². The molecular weight excluding hydrogens is 374 g/mol. The van der Waals surface area contributed by atoms with E-state index in [0.29, 0.717) is 5.82 Å². The minimum absolute atomic E-state index is 0.258. The van der Waals surface area contributed by atoms with Crippen molar-refractivity contribution >= 4 is 22.7 Å². The maximum Gasteiger partial charge on any atom is 0.168 e. The van der Waals surface area contributed by atoms with Crippen LogP contribution in [-0.4, -0.2) is 40.9 Å². The van der Waals surface area contributed by atoms with Crippen LogP contribution in [0.5, 0.6) is 5.75 Å². The highest BCUT2D eigenvalue weighted by atomic mass is 16.3. The number of nitrogens with two attached hydrogens (primary N) is 1. The Morgan fingerprint density at radius 1 is 0.900 bits per heavy atom. The molecule has 2 aromatic carbocycles. The van der Waals surface area contributed by atoms with Crippen LogP contribution in [0.4, 0.5) is 17.2 Å². The van der Waals surface area contributed by atoms with Gasteiger partial charge in [0.1, 0.15) is 5.75 Å². The number of para-hydroxylation sites is 1. The number of hydrogen-bond donors (Lipinski definition) is 2. The summed E-state index contributed by atoms with van der Waals surface area (Å²) in [5, 5.41) is 14.7. The first kappa shape index (κ1) is 18.4. The van der Waals surface area contributed by atoms with E-state index in [4.69, 9.17) is 5.73 Å². The Labute approximate surface area is 175 Å². The maximum absolute atomic E-state index is 10.2. The van der Waals surface area contributed by atoms with E-state index < -0.39 is 0 Å². The van der Waals surface area contributed by atoms with Crippen molar-refractivity contribution < 1.29 is 5.11 Å². The molecule has 0 atom stereocenters. The molecule has 6 heteroatoms. The lowest BCUT2D eigenvalue weighted by molar-refractivity contribution is 0.477. The molecule has 6 nitrogen and oxygen atoms in total. The van der Waals surface area contributed by atoms with Gasteiger partial charge in [-0.1, -0.05) is 35.9 Å². The van der Waals surface area contributed by atoms with Crippen LogP contribution in [0, 0.1) is 6.92 Å². The van der Waals surface area contributed by atoms with E-state index in [0.717, 1.165) is 48.5 Å². The normalized spacial score (nSPS) is 14.4. The van der Waals surface area contributed by atoms with E-state index in [1.165, 1.54) is 11.3 Å². The molecule has 4 aromatic rings. The van der Waals surface area contributed by atoms with Crippen molar-refractivity contribution in [2.75, 3.05) is 41.7 Å². The van der Waals surface area contributed by atoms with Gasteiger partial charge in [0.15, 0.2) is 5.82 Å². The van der Waals surface area contributed by atoms with Crippen molar-refractivity contribution in [3.05, 3.63) is 72.4 Å². The first-order chi connectivity index (χ1) is 14.6. The third kappa shape index (κ3) is 3.30. The summed E-state index contributed by atoms with van der Waals surface area (Å²) in [6.07, 6.45) is 1.90. The fourth-order valence-electron chi connectivity index (χ4n) is 4.12. The van der Waals surface area contributed by atoms with Gasteiger partial charge in [-0.2, -0.15) is 0 Å². The number of rotatable bonds is 3. The van der Waals surface area contributed by atoms with Crippen LogP contribution in [0.15, 0.2) is 66.9 Å². The molecule has 152 valence electrons. The Kier molecular flexibility index (Phi) is 4.47. The number of aryl methyl sites for hydroxylation is 1. The molecule has 2 aromatic heterocycles. The lowest BCUT2D eigenvalue weighted by Crippen LogP contribution is -2.46. The van der Waals surface area contributed by atoms with Crippen LogP contribution in [-0.2, 0) is 0 Å². The highest BCUT2D eigenvalue weighted by molar-refractivity contribution is 5.78. The lowest BCUT2D eigenvalue weighted by atomic mass is 10.1. The molecule has 1 saturated heterocycles. The number of phenols is 1. The van der Waals surface area contributed by atoms with E-state index in [1.54, 1.807) is 10.6 Å². The number of hydrogen-bond acceptors (Lipinski definition) is 5. The zero-order valence-electron chi connectivity index (χ0n) is 17.0. The largest absolute Gasteiger partial charge is 0.507 e. The van der Waals surface area contributed by atoms with Crippen LogP contribution in [0.25, 0.3) is 16.6 Å². The van der Waals surface area contributed by atoms with Gasteiger partial charge >= 0.3 is 0 Å². The number of benzene rings is 2. The fraction of sp³-hybridized carbons (Fsp3) is 0.208. The number of fused-ring (bicyclic) bond motifs is 1. The molecule has 0 unspecified atom stereocenters. The Morgan fingerprint density at radius 3 is 2.33 bits per heavy atom. The zero-order valence-corrected chi connectivity index (χ0v) is 17.0. The Balaban J connectivity index is 1.39. The number of piperazine rings is 1. The number of nitrogens with zero attached hydrogens (tertiary/aromatic N) is 4. The average Bonchev–Trinajstić information content (AvgIpc) is 3.17. The zero-order chi connectivity index (χ0) is 20.7. The van der Waals surface area contributed by atoms with Gasteiger partial charge < -0.3 is 20.6 Å². The SMILES string of the molecule is Cc1ccc(N2CCN(c3cc4cc(-c5ccccc5O)cn4nc3N)CC2)cc1. The minimum Gasteiger partial charge on any atom is -0.507 e. The van der Waals surface area contributed by atoms with Gasteiger partial charge in [-0.15, -0.1) is 5.10 Å². The highest BCUT2D eigenvalue weighted by Crippen LogP contribution is 2.32. The molecule has 0 aliphatic carbocycles. The second-order valence-electron chi connectivity index (χ2n) is 7.84. The standard InChI is InChI=1S/C24H25N5O/c1-17-6-8-19(9-7-17)27-10-12-28(13-11-27)22-15-20-14-18(16-29(20)26-24(22)25)21-4-2-3-5-23(21)30/h2-9,14-16,30H,10-13H2,1H3,(H2,25,26). The summed E-state index contributed by atoms with van der Waals surface area (Å²) in [5.74, 6) is 0.777. The molecule has 0 radical (unpaired) electrons. The van der Waals surface area contributed by atoms with Crippen LogP contribution in [0.2, 0.25) is 0 Å². The monoisotopic (exact) mass is 399 g/mol. The van der Waals surface area contributed by atoms with Crippen LogP contribution in [0.1, 0.15) is 5.56 Å². The number of aromatic nitrogens is 2. The molecule has 1 aliphatic rings. The van der Waals surface area contributed by atoms with Gasteiger partial charge in [0.2, 0.25) is 0 Å². The first-order valence-electron chi connectivity index (χ1n) is 10.2. The molecule has 1 aliphatic heterocycles. The van der Waals surface area contributed by atoms with Crippen LogP contribution >= 0.6 is 0 Å². The molecule has 1 fully saturated rings. The third-order valence-electron chi connectivity index (χ3n) is 5.83. The van der Waals surface area contributed by atoms with E-state index in [2.05, 4.69) is 52.2 Å². The molecule has 3 heterocycles. The van der Waals surface area contributed by atoms with E-state index in [1.807, 2.05) is 30.5 Å². The van der Waals surface area contributed by atoms with Gasteiger partial charge in [0.25, 0.3) is 0 Å². The fourth-order valence-corrected chi connectivity index (χ4v) is 4.12. The summed E-state index contributed by atoms with van der Waals surface area (Å²) in [6.45, 7) is 5.78. The van der Waals surface area contributed by atoms with Crippen molar-refractivity contribution in [3.8, 4) is 16.9 Å². The van der Waals surface area contributed by atoms with E-state index in [9.17, 15) is 5.11 Å². The molecule has 30 heavy (non-hydrogen) atoms. The van der Waals surface area contributed by atoms with E-state index in [-0.39, 0.29) is 5.75 Å². The van der Waals surface area contributed by atoms with Crippen molar-refractivity contribution in [2.24, 2.45) is 0 Å². The molecule has 0 spiro atoms. The average molecular weight is 399 g/mol. The second kappa shape index (κ2) is 7.30. The first-order valence-corrected chi connectivity index (χ1v) is 10.2. The maximum atomic E-state index is 10.2. The predicted octanol–water partition coefficient (Wildman–Crippen LogP) is 3.92. The molecule has 5 rings (SSSR count). The summed E-state index contributed by atoms with van der Waals surface area (Å²) in [7, 11) is 0. The number of phenolic OH excluding ortho intramolecular Hbond substituents is 1. The number of nitrogen functional groups attached to an aromatic ring is 1. The molecule has 3 N–H and O–H groups in total. The van der Waals surface area contributed by atoms with Crippen molar-refractivity contribution in [2.45, 2.75) is 6.92 Å². The summed E-state index contributed by atoms with van der Waals surface area (Å²) < 4.78 is 1.78. The topological polar surface area (TPSA) is 70.0 Å². The molecule has 0 bridgehead atoms. The summed E-state index contributed by atoms with van der Waals surface area (Å²) >= 11 is 0. The predicted molar refractivity (Wildman–Crippen MR) is 122 cm³/mol. The van der Waals surface area contributed by atoms with Crippen LogP contribution < -0.4 is 15.5 Å². The Bertz CT molecular complexity index is 1190. The van der Waals surface area contributed by atoms with Gasteiger partial charge in [-0.3, -0.25) is 0 Å². The summed E-state index contributed by atoms with van der Waals surface area (Å²) in [6, 6.07) is 20.1. The molecule has 0 amide bonds. The van der Waals surface area contributed by atoms with Gasteiger partial charge in [0, 0.05) is 49.2 Å². The smallest absolute Gasteiger partial charge is 0.168 e. The third-order valence-corrected chi connectivity index (χ3v) is 5.83. The highest BCUT2D eigenvalue weighted by Gasteiger charge is 2.20. The summed E-state index contributed by atoms with van der Waals surface area (Å²) in [5.41, 5.74) is 12.5. The minimum atomic E-state index is 0.258. The lowest BCUT2D eigenvalue weighted by Gasteiger charge is -2.37.